The van der Waals surface area contributed by atoms with Gasteiger partial charge >= 0.3 is 0 Å². The van der Waals surface area contributed by atoms with Gasteiger partial charge < -0.3 is 9.47 Å². The van der Waals surface area contributed by atoms with Crippen molar-refractivity contribution in [3.63, 3.8) is 0 Å². The van der Waals surface area contributed by atoms with E-state index in [9.17, 15) is 0 Å². The van der Waals surface area contributed by atoms with Crippen LogP contribution in [-0.2, 0) is 4.84 Å². The molecule has 2 atom stereocenters. The summed E-state index contributed by atoms with van der Waals surface area (Å²) in [7, 11) is 3.25. The summed E-state index contributed by atoms with van der Waals surface area (Å²) in [5.74, 6) is 3.04. The standard InChI is InChI=1S/C15H20N2O3S/c1-10-6-7-15(9-21-10)16-14(17-20-15)11-4-5-12(18-2)13(8-11)19-3/h4-5,8,10H,6-7,9H2,1-3H3,(H,16,17). The highest BCUT2D eigenvalue weighted by Gasteiger charge is 2.40. The molecular formula is C15H20N2O3S. The van der Waals surface area contributed by atoms with Gasteiger partial charge in [0.25, 0.3) is 0 Å². The lowest BCUT2D eigenvalue weighted by Crippen LogP contribution is -2.37. The predicted octanol–water partition coefficient (Wildman–Crippen LogP) is 2.60. The van der Waals surface area contributed by atoms with E-state index in [1.165, 1.54) is 0 Å². The summed E-state index contributed by atoms with van der Waals surface area (Å²) in [6, 6.07) is 5.74. The molecule has 1 aromatic carbocycles. The van der Waals surface area contributed by atoms with Gasteiger partial charge in [0, 0.05) is 23.0 Å². The zero-order chi connectivity index (χ0) is 14.9. The van der Waals surface area contributed by atoms with E-state index < -0.39 is 5.72 Å². The average molecular weight is 308 g/mol. The molecule has 0 saturated carbocycles. The number of benzene rings is 1. The Kier molecular flexibility index (Phi) is 3.99. The monoisotopic (exact) mass is 308 g/mol. The molecular weight excluding hydrogens is 288 g/mol. The summed E-state index contributed by atoms with van der Waals surface area (Å²) in [5, 5.41) is 0.680. The average Bonchev–Trinajstić information content (AvgIpc) is 2.94. The minimum atomic E-state index is -0.417. The van der Waals surface area contributed by atoms with Crippen LogP contribution in [-0.4, -0.2) is 36.8 Å². The summed E-state index contributed by atoms with van der Waals surface area (Å²) < 4.78 is 10.6. The molecule has 0 aromatic heterocycles. The number of hydroxylamine groups is 1. The number of hydrogen-bond acceptors (Lipinski definition) is 6. The third-order valence-electron chi connectivity index (χ3n) is 3.85. The van der Waals surface area contributed by atoms with Crippen LogP contribution < -0.4 is 15.0 Å². The van der Waals surface area contributed by atoms with Crippen molar-refractivity contribution in [2.45, 2.75) is 30.7 Å². The first kappa shape index (κ1) is 14.5. The van der Waals surface area contributed by atoms with Gasteiger partial charge in [-0.25, -0.2) is 15.3 Å². The molecule has 21 heavy (non-hydrogen) atoms. The minimum absolute atomic E-state index is 0.417. The molecule has 2 aliphatic rings. The summed E-state index contributed by atoms with van der Waals surface area (Å²) in [6.45, 7) is 2.25. The number of nitrogens with zero attached hydrogens (tertiary/aromatic N) is 1. The van der Waals surface area contributed by atoms with Crippen molar-refractivity contribution in [2.75, 3.05) is 20.0 Å². The topological polar surface area (TPSA) is 52.1 Å². The van der Waals surface area contributed by atoms with Crippen LogP contribution in [0.2, 0.25) is 0 Å². The lowest BCUT2D eigenvalue weighted by molar-refractivity contribution is -0.0456. The zero-order valence-corrected chi connectivity index (χ0v) is 13.3. The molecule has 1 N–H and O–H groups in total. The molecule has 2 heterocycles. The van der Waals surface area contributed by atoms with Crippen molar-refractivity contribution < 1.29 is 14.3 Å². The molecule has 114 valence electrons. The van der Waals surface area contributed by atoms with Crippen LogP contribution in [0.3, 0.4) is 0 Å². The Morgan fingerprint density at radius 2 is 2.14 bits per heavy atom. The van der Waals surface area contributed by atoms with Gasteiger partial charge in [-0.2, -0.15) is 11.8 Å². The quantitative estimate of drug-likeness (QED) is 0.930. The Morgan fingerprint density at radius 1 is 1.33 bits per heavy atom. The third-order valence-corrected chi connectivity index (χ3v) is 5.27. The van der Waals surface area contributed by atoms with Crippen LogP contribution in [0, 0.1) is 0 Å². The van der Waals surface area contributed by atoms with Gasteiger partial charge in [0.2, 0.25) is 0 Å². The van der Waals surface area contributed by atoms with Crippen LogP contribution in [0.15, 0.2) is 23.2 Å². The van der Waals surface area contributed by atoms with E-state index in [1.54, 1.807) is 14.2 Å². The predicted molar refractivity (Wildman–Crippen MR) is 84.2 cm³/mol. The lowest BCUT2D eigenvalue weighted by atomic mass is 10.1. The van der Waals surface area contributed by atoms with Gasteiger partial charge in [0.15, 0.2) is 23.1 Å². The molecule has 0 amide bonds. The van der Waals surface area contributed by atoms with Gasteiger partial charge in [-0.3, -0.25) is 0 Å². The van der Waals surface area contributed by atoms with Gasteiger partial charge in [-0.05, 0) is 24.6 Å². The highest BCUT2D eigenvalue weighted by molar-refractivity contribution is 8.00. The second-order valence-electron chi connectivity index (χ2n) is 5.34. The number of amidine groups is 1. The van der Waals surface area contributed by atoms with Crippen molar-refractivity contribution in [1.29, 1.82) is 0 Å². The maximum absolute atomic E-state index is 5.78. The number of thioether (sulfide) groups is 1. The Bertz CT molecular complexity index is 554. The molecule has 0 radical (unpaired) electrons. The molecule has 1 aromatic rings. The molecule has 1 fully saturated rings. The maximum atomic E-state index is 5.78. The van der Waals surface area contributed by atoms with Crippen molar-refractivity contribution >= 4 is 17.6 Å². The Labute approximate surface area is 129 Å². The van der Waals surface area contributed by atoms with E-state index in [0.29, 0.717) is 16.7 Å². The highest BCUT2D eigenvalue weighted by Crippen LogP contribution is 2.38. The van der Waals surface area contributed by atoms with E-state index in [2.05, 4.69) is 12.4 Å². The number of rotatable bonds is 3. The molecule has 6 heteroatoms. The Morgan fingerprint density at radius 3 is 2.81 bits per heavy atom. The zero-order valence-electron chi connectivity index (χ0n) is 12.5. The van der Waals surface area contributed by atoms with E-state index in [-0.39, 0.29) is 0 Å². The number of aliphatic imine (C=N–C) groups is 1. The first-order valence-corrected chi connectivity index (χ1v) is 8.08. The maximum Gasteiger partial charge on any atom is 0.196 e. The minimum Gasteiger partial charge on any atom is -0.493 e. The second-order valence-corrected chi connectivity index (χ2v) is 6.77. The number of ether oxygens (including phenoxy) is 2. The fraction of sp³-hybridized carbons (Fsp3) is 0.533. The van der Waals surface area contributed by atoms with E-state index in [4.69, 9.17) is 19.3 Å². The summed E-state index contributed by atoms with van der Waals surface area (Å²) in [6.07, 6.45) is 2.07. The molecule has 2 aliphatic heterocycles. The van der Waals surface area contributed by atoms with Crippen LogP contribution in [0.25, 0.3) is 0 Å². The molecule has 0 aliphatic carbocycles. The van der Waals surface area contributed by atoms with Crippen LogP contribution >= 0.6 is 11.8 Å². The Balaban J connectivity index is 1.84. The number of nitrogens with one attached hydrogen (secondary N) is 1. The van der Waals surface area contributed by atoms with Gasteiger partial charge in [-0.1, -0.05) is 6.92 Å². The van der Waals surface area contributed by atoms with Gasteiger partial charge in [0.05, 0.1) is 14.2 Å². The van der Waals surface area contributed by atoms with Crippen molar-refractivity contribution in [3.8, 4) is 11.5 Å². The molecule has 3 rings (SSSR count). The van der Waals surface area contributed by atoms with Crippen LogP contribution in [0.5, 0.6) is 11.5 Å². The van der Waals surface area contributed by atoms with Gasteiger partial charge in [0.1, 0.15) is 0 Å². The lowest BCUT2D eigenvalue weighted by Gasteiger charge is -2.30. The number of methoxy groups -OCH3 is 2. The molecule has 1 spiro atoms. The summed E-state index contributed by atoms with van der Waals surface area (Å²) >= 11 is 1.91. The molecule has 5 nitrogen and oxygen atoms in total. The first-order valence-electron chi connectivity index (χ1n) is 7.04. The molecule has 1 saturated heterocycles. The highest BCUT2D eigenvalue weighted by atomic mass is 32.2. The van der Waals surface area contributed by atoms with Crippen LogP contribution in [0.4, 0.5) is 0 Å². The first-order chi connectivity index (χ1) is 10.2. The fourth-order valence-electron chi connectivity index (χ4n) is 2.53. The smallest absolute Gasteiger partial charge is 0.196 e. The summed E-state index contributed by atoms with van der Waals surface area (Å²) in [5.41, 5.74) is 3.50. The van der Waals surface area contributed by atoms with Crippen molar-refractivity contribution in [1.82, 2.24) is 5.48 Å². The normalized spacial score (nSPS) is 28.1. The largest absolute Gasteiger partial charge is 0.493 e. The van der Waals surface area contributed by atoms with Crippen LogP contribution in [0.1, 0.15) is 25.3 Å². The van der Waals surface area contributed by atoms with Crippen molar-refractivity contribution in [3.05, 3.63) is 23.8 Å². The third kappa shape index (κ3) is 2.82. The van der Waals surface area contributed by atoms with E-state index in [1.807, 2.05) is 30.0 Å². The molecule has 0 bridgehead atoms. The number of hydrogen-bond donors (Lipinski definition) is 1. The van der Waals surface area contributed by atoms with Crippen molar-refractivity contribution in [2.24, 2.45) is 4.99 Å². The van der Waals surface area contributed by atoms with Gasteiger partial charge in [-0.15, -0.1) is 0 Å². The summed E-state index contributed by atoms with van der Waals surface area (Å²) in [4.78, 5) is 10.6. The fourth-order valence-corrected chi connectivity index (χ4v) is 3.62. The second kappa shape index (κ2) is 5.77. The van der Waals surface area contributed by atoms with E-state index >= 15 is 0 Å². The van der Waals surface area contributed by atoms with E-state index in [0.717, 1.165) is 30.0 Å². The SMILES string of the molecule is COc1ccc(C2=NC3(CCC(C)SC3)ON2)cc1OC. The Hall–Kier alpha value is -1.40. The molecule has 2 unspecified atom stereocenters.